The lowest BCUT2D eigenvalue weighted by Gasteiger charge is -2.39. The Labute approximate surface area is 192 Å². The SMILES string of the molecule is Cc1ccccc1-n1c(SCC(=O)N2[C@H](C)CCC[C@H]2C)nnc1-c1ccc(Cl)cc1. The minimum Gasteiger partial charge on any atom is -0.337 e. The maximum atomic E-state index is 13.1. The number of aryl methyl sites for hydroxylation is 1. The Morgan fingerprint density at radius 2 is 1.74 bits per heavy atom. The molecule has 162 valence electrons. The van der Waals surface area contributed by atoms with E-state index in [9.17, 15) is 4.79 Å². The molecule has 31 heavy (non-hydrogen) atoms. The number of carbonyl (C=O) groups excluding carboxylic acids is 1. The van der Waals surface area contributed by atoms with Gasteiger partial charge in [0.2, 0.25) is 5.91 Å². The normalized spacial score (nSPS) is 18.9. The zero-order chi connectivity index (χ0) is 22.0. The summed E-state index contributed by atoms with van der Waals surface area (Å²) in [5.74, 6) is 1.25. The molecule has 1 saturated heterocycles. The van der Waals surface area contributed by atoms with Gasteiger partial charge in [-0.2, -0.15) is 0 Å². The second-order valence-corrected chi connectivity index (χ2v) is 9.53. The fourth-order valence-corrected chi connectivity index (χ4v) is 5.23. The Morgan fingerprint density at radius 3 is 2.42 bits per heavy atom. The lowest BCUT2D eigenvalue weighted by molar-refractivity contribution is -0.134. The van der Waals surface area contributed by atoms with E-state index >= 15 is 0 Å². The van der Waals surface area contributed by atoms with E-state index in [0.717, 1.165) is 35.5 Å². The third kappa shape index (κ3) is 4.65. The highest BCUT2D eigenvalue weighted by atomic mass is 35.5. The Kier molecular flexibility index (Phi) is 6.68. The van der Waals surface area contributed by atoms with Crippen LogP contribution in [-0.2, 0) is 4.79 Å². The maximum Gasteiger partial charge on any atom is 0.233 e. The van der Waals surface area contributed by atoms with E-state index < -0.39 is 0 Å². The summed E-state index contributed by atoms with van der Waals surface area (Å²) in [6, 6.07) is 16.3. The monoisotopic (exact) mass is 454 g/mol. The van der Waals surface area contributed by atoms with Crippen molar-refractivity contribution in [1.29, 1.82) is 0 Å². The summed E-state index contributed by atoms with van der Waals surface area (Å²) in [5, 5.41) is 10.3. The van der Waals surface area contributed by atoms with Crippen molar-refractivity contribution in [3.8, 4) is 17.1 Å². The van der Waals surface area contributed by atoms with Gasteiger partial charge in [0, 0.05) is 22.7 Å². The number of benzene rings is 2. The van der Waals surface area contributed by atoms with Crippen LogP contribution in [0.15, 0.2) is 53.7 Å². The van der Waals surface area contributed by atoms with Crippen molar-refractivity contribution >= 4 is 29.3 Å². The molecule has 3 aromatic rings. The van der Waals surface area contributed by atoms with Gasteiger partial charge in [-0.05, 0) is 75.9 Å². The van der Waals surface area contributed by atoms with Crippen LogP contribution >= 0.6 is 23.4 Å². The van der Waals surface area contributed by atoms with Crippen LogP contribution in [0.5, 0.6) is 0 Å². The Hall–Kier alpha value is -2.31. The van der Waals surface area contributed by atoms with Crippen molar-refractivity contribution in [2.45, 2.75) is 57.3 Å². The van der Waals surface area contributed by atoms with Gasteiger partial charge in [-0.25, -0.2) is 0 Å². The molecule has 0 radical (unpaired) electrons. The first kappa shape index (κ1) is 21.9. The van der Waals surface area contributed by atoms with Crippen LogP contribution < -0.4 is 0 Å². The number of thioether (sulfide) groups is 1. The summed E-state index contributed by atoms with van der Waals surface area (Å²) in [4.78, 5) is 15.1. The summed E-state index contributed by atoms with van der Waals surface area (Å²) >= 11 is 7.53. The molecule has 2 atom stereocenters. The topological polar surface area (TPSA) is 51.0 Å². The summed E-state index contributed by atoms with van der Waals surface area (Å²) < 4.78 is 2.04. The molecule has 0 N–H and O–H groups in total. The molecule has 0 bridgehead atoms. The highest BCUT2D eigenvalue weighted by Crippen LogP contribution is 2.31. The van der Waals surface area contributed by atoms with Crippen molar-refractivity contribution in [3.05, 3.63) is 59.1 Å². The number of likely N-dealkylation sites (tertiary alicyclic amines) is 1. The van der Waals surface area contributed by atoms with Gasteiger partial charge in [-0.3, -0.25) is 9.36 Å². The fraction of sp³-hybridized carbons (Fsp3) is 0.375. The van der Waals surface area contributed by atoms with Crippen LogP contribution in [-0.4, -0.2) is 43.4 Å². The quantitative estimate of drug-likeness (QED) is 0.458. The summed E-state index contributed by atoms with van der Waals surface area (Å²) in [6.45, 7) is 6.36. The van der Waals surface area contributed by atoms with Crippen molar-refractivity contribution in [3.63, 3.8) is 0 Å². The molecule has 2 aromatic carbocycles. The number of rotatable bonds is 5. The molecule has 1 aliphatic rings. The number of hydrogen-bond donors (Lipinski definition) is 0. The third-order valence-corrected chi connectivity index (χ3v) is 7.06. The lowest BCUT2D eigenvalue weighted by atomic mass is 9.98. The van der Waals surface area contributed by atoms with Gasteiger partial charge in [0.15, 0.2) is 11.0 Å². The fourth-order valence-electron chi connectivity index (χ4n) is 4.29. The van der Waals surface area contributed by atoms with Crippen molar-refractivity contribution in [1.82, 2.24) is 19.7 Å². The zero-order valence-corrected chi connectivity index (χ0v) is 19.7. The first-order valence-corrected chi connectivity index (χ1v) is 12.0. The zero-order valence-electron chi connectivity index (χ0n) is 18.1. The third-order valence-electron chi connectivity index (χ3n) is 5.90. The second-order valence-electron chi connectivity index (χ2n) is 8.15. The number of hydrogen-bond acceptors (Lipinski definition) is 4. The average molecular weight is 455 g/mol. The Balaban J connectivity index is 1.66. The minimum absolute atomic E-state index is 0.164. The van der Waals surface area contributed by atoms with Crippen molar-refractivity contribution in [2.75, 3.05) is 5.75 Å². The highest BCUT2D eigenvalue weighted by molar-refractivity contribution is 7.99. The number of para-hydroxylation sites is 1. The largest absolute Gasteiger partial charge is 0.337 e. The number of carbonyl (C=O) groups is 1. The van der Waals surface area contributed by atoms with Gasteiger partial charge in [-0.15, -0.1) is 10.2 Å². The van der Waals surface area contributed by atoms with Crippen LogP contribution in [0.4, 0.5) is 0 Å². The summed E-state index contributed by atoms with van der Waals surface area (Å²) in [5.41, 5.74) is 3.05. The Morgan fingerprint density at radius 1 is 1.06 bits per heavy atom. The van der Waals surface area contributed by atoms with Gasteiger partial charge in [0.05, 0.1) is 11.4 Å². The van der Waals surface area contributed by atoms with Crippen molar-refractivity contribution < 1.29 is 4.79 Å². The predicted octanol–water partition coefficient (Wildman–Crippen LogP) is 5.78. The summed E-state index contributed by atoms with van der Waals surface area (Å²) in [7, 11) is 0. The maximum absolute atomic E-state index is 13.1. The van der Waals surface area contributed by atoms with E-state index in [1.54, 1.807) is 0 Å². The van der Waals surface area contributed by atoms with Crippen molar-refractivity contribution in [2.24, 2.45) is 0 Å². The first-order chi connectivity index (χ1) is 15.0. The number of aromatic nitrogens is 3. The van der Waals surface area contributed by atoms with E-state index in [-0.39, 0.29) is 18.0 Å². The van der Waals surface area contributed by atoms with Crippen LogP contribution in [0.2, 0.25) is 5.02 Å². The number of halogens is 1. The smallest absolute Gasteiger partial charge is 0.233 e. The number of piperidine rings is 1. The second kappa shape index (κ2) is 9.45. The van der Waals surface area contributed by atoms with E-state index in [4.69, 9.17) is 11.6 Å². The van der Waals surface area contributed by atoms with Crippen LogP contribution in [0.25, 0.3) is 17.1 Å². The molecule has 1 aliphatic heterocycles. The summed E-state index contributed by atoms with van der Waals surface area (Å²) in [6.07, 6.45) is 3.33. The molecule has 0 saturated carbocycles. The first-order valence-electron chi connectivity index (χ1n) is 10.7. The average Bonchev–Trinajstić information content (AvgIpc) is 3.16. The molecule has 0 spiro atoms. The number of nitrogens with zero attached hydrogens (tertiary/aromatic N) is 4. The molecular formula is C24H27ClN4OS. The Bertz CT molecular complexity index is 1060. The van der Waals surface area contributed by atoms with E-state index in [1.165, 1.54) is 18.2 Å². The van der Waals surface area contributed by atoms with Crippen LogP contribution in [0, 0.1) is 6.92 Å². The molecule has 4 rings (SSSR count). The van der Waals surface area contributed by atoms with Gasteiger partial charge in [0.1, 0.15) is 0 Å². The highest BCUT2D eigenvalue weighted by Gasteiger charge is 2.29. The van der Waals surface area contributed by atoms with Gasteiger partial charge in [-0.1, -0.05) is 41.6 Å². The molecule has 1 fully saturated rings. The van der Waals surface area contributed by atoms with Crippen LogP contribution in [0.3, 0.4) is 0 Å². The van der Waals surface area contributed by atoms with E-state index in [2.05, 4.69) is 43.1 Å². The molecule has 1 aromatic heterocycles. The van der Waals surface area contributed by atoms with Gasteiger partial charge >= 0.3 is 0 Å². The number of amides is 1. The lowest BCUT2D eigenvalue weighted by Crippen LogP contribution is -2.48. The molecule has 0 unspecified atom stereocenters. The van der Waals surface area contributed by atoms with Gasteiger partial charge < -0.3 is 4.90 Å². The molecular weight excluding hydrogens is 428 g/mol. The van der Waals surface area contributed by atoms with Crippen LogP contribution in [0.1, 0.15) is 38.7 Å². The standard InChI is InChI=1S/C24H27ClN4OS/c1-16-7-4-5-10-21(16)29-23(19-11-13-20(25)14-12-19)26-27-24(29)31-15-22(30)28-17(2)8-6-9-18(28)3/h4-5,7,10-14,17-18H,6,8-9,15H2,1-3H3/t17-,18-/m1/s1. The molecule has 1 amide bonds. The predicted molar refractivity (Wildman–Crippen MR) is 127 cm³/mol. The van der Waals surface area contributed by atoms with Gasteiger partial charge in [0.25, 0.3) is 0 Å². The molecule has 0 aliphatic carbocycles. The molecule has 5 nitrogen and oxygen atoms in total. The van der Waals surface area contributed by atoms with E-state index in [1.807, 2.05) is 45.9 Å². The van der Waals surface area contributed by atoms with E-state index in [0.29, 0.717) is 15.9 Å². The molecule has 7 heteroatoms. The minimum atomic E-state index is 0.164. The molecule has 2 heterocycles.